The Morgan fingerprint density at radius 3 is 2.47 bits per heavy atom. The van der Waals surface area contributed by atoms with Crippen LogP contribution in [-0.4, -0.2) is 68.7 Å². The summed E-state index contributed by atoms with van der Waals surface area (Å²) in [6.45, 7) is 13.1. The van der Waals surface area contributed by atoms with E-state index in [0.29, 0.717) is 39.0 Å². The molecule has 0 radical (unpaired) electrons. The molecule has 1 saturated carbocycles. The highest BCUT2D eigenvalue weighted by molar-refractivity contribution is 6.13. The van der Waals surface area contributed by atoms with Gasteiger partial charge in [-0.3, -0.25) is 29.0 Å². The average Bonchev–Trinajstić information content (AvgIpc) is 3.85. The zero-order valence-electron chi connectivity index (χ0n) is 29.5. The van der Waals surface area contributed by atoms with Crippen molar-refractivity contribution in [1.82, 2.24) is 24.6 Å². The highest BCUT2D eigenvalue weighted by Crippen LogP contribution is 2.49. The maximum Gasteiger partial charge on any atom is 0.281 e. The molecule has 1 aliphatic carbocycles. The number of nitrogens with zero attached hydrogens (tertiary/aromatic N) is 6. The largest absolute Gasteiger partial charge is 0.354 e. The molecule has 262 valence electrons. The van der Waals surface area contributed by atoms with E-state index in [1.165, 1.54) is 28.7 Å². The molecule has 0 bridgehead atoms. The molecule has 0 unspecified atom stereocenters. The second kappa shape index (κ2) is 11.6. The minimum absolute atomic E-state index is 0.00749. The minimum Gasteiger partial charge on any atom is -0.354 e. The predicted molar refractivity (Wildman–Crippen MR) is 194 cm³/mol. The number of aromatic amines is 1. The molecule has 5 aromatic rings. The van der Waals surface area contributed by atoms with Crippen LogP contribution in [0.3, 0.4) is 0 Å². The number of pyridine rings is 2. The van der Waals surface area contributed by atoms with Gasteiger partial charge in [-0.25, -0.2) is 8.78 Å². The summed E-state index contributed by atoms with van der Waals surface area (Å²) in [6, 6.07) is 5.42. The lowest BCUT2D eigenvalue weighted by atomic mass is 9.91. The van der Waals surface area contributed by atoms with Gasteiger partial charge in [-0.2, -0.15) is 5.10 Å². The molecular weight excluding hydrogens is 652 g/mol. The summed E-state index contributed by atoms with van der Waals surface area (Å²) in [5.41, 5.74) is 3.38. The molecule has 10 nitrogen and oxygen atoms in total. The molecule has 1 saturated heterocycles. The lowest BCUT2D eigenvalue weighted by Crippen LogP contribution is -2.66. The van der Waals surface area contributed by atoms with Crippen LogP contribution in [0.4, 0.5) is 20.2 Å². The molecule has 51 heavy (non-hydrogen) atoms. The Bertz CT molecular complexity index is 2410. The van der Waals surface area contributed by atoms with E-state index in [1.807, 2.05) is 40.7 Å². The topological polar surface area (TPSA) is 107 Å². The number of benzene rings is 2. The molecule has 1 N–H and O–H groups in total. The van der Waals surface area contributed by atoms with Crippen molar-refractivity contribution in [3.8, 4) is 16.8 Å². The molecule has 12 heteroatoms. The molecule has 0 spiro atoms. The predicted octanol–water partition coefficient (Wildman–Crippen LogP) is 6.39. The Balaban J connectivity index is 1.52. The maximum atomic E-state index is 18.0. The van der Waals surface area contributed by atoms with Crippen LogP contribution in [0, 0.1) is 25.5 Å². The number of carbonyl (C=O) groups excluding carboxylic acids is 2. The number of anilines is 2. The summed E-state index contributed by atoms with van der Waals surface area (Å²) >= 11 is 0. The second-order valence-electron chi connectivity index (χ2n) is 14.5. The highest BCUT2D eigenvalue weighted by atomic mass is 19.1. The first-order chi connectivity index (χ1) is 24.3. The van der Waals surface area contributed by atoms with E-state index in [4.69, 9.17) is 0 Å². The number of likely N-dealkylation sites (N-methyl/N-ethyl adjacent to an activating group) is 1. The number of aromatic nitrogens is 4. The second-order valence-corrected chi connectivity index (χ2v) is 14.5. The number of nitrogens with one attached hydrogen (secondary N) is 1. The van der Waals surface area contributed by atoms with Gasteiger partial charge in [0.25, 0.3) is 11.5 Å². The zero-order chi connectivity index (χ0) is 36.2. The van der Waals surface area contributed by atoms with Gasteiger partial charge in [-0.15, -0.1) is 0 Å². The van der Waals surface area contributed by atoms with Gasteiger partial charge in [-0.1, -0.05) is 26.5 Å². The Labute approximate surface area is 293 Å². The standard InChI is InChI=1S/C39H39F2N7O3/c1-8-27(49)46-17-26-38(50)45(7)37-36(47(26)16-21(46)6)23-15-24(40)29(28-19(4)9-12-25-30(28)33(44-43-25)22-10-11-22)31(41)35(23)48(39(37)51)34-20(5)13-14-42-32(34)18(2)3/h8-9,12-15,18,21-22,26H,1,10-11,16-17H2,2-7H3,(H,43,44)/t21-,26-/m1/s1. The van der Waals surface area contributed by atoms with Gasteiger partial charge in [0.1, 0.15) is 17.5 Å². The van der Waals surface area contributed by atoms with Crippen molar-refractivity contribution in [1.29, 1.82) is 0 Å². The molecule has 3 aromatic heterocycles. The number of rotatable bonds is 5. The first kappa shape index (κ1) is 32.8. The number of fused-ring (bicyclic) bond motifs is 6. The fourth-order valence-electron chi connectivity index (χ4n) is 8.18. The summed E-state index contributed by atoms with van der Waals surface area (Å²) in [7, 11) is 1.50. The number of hydrogen-bond acceptors (Lipinski definition) is 6. The van der Waals surface area contributed by atoms with Crippen molar-refractivity contribution < 1.29 is 18.4 Å². The first-order valence-electron chi connectivity index (χ1n) is 17.4. The highest BCUT2D eigenvalue weighted by Gasteiger charge is 2.46. The van der Waals surface area contributed by atoms with Crippen molar-refractivity contribution in [2.24, 2.45) is 0 Å². The number of halogens is 2. The van der Waals surface area contributed by atoms with Crippen molar-refractivity contribution >= 4 is 45.0 Å². The lowest BCUT2D eigenvalue weighted by Gasteiger charge is -2.50. The summed E-state index contributed by atoms with van der Waals surface area (Å²) < 4.78 is 36.4. The van der Waals surface area contributed by atoms with E-state index in [9.17, 15) is 9.59 Å². The van der Waals surface area contributed by atoms with Crippen LogP contribution in [-0.2, 0) is 9.59 Å². The summed E-state index contributed by atoms with van der Waals surface area (Å²) in [5, 5.41) is 8.43. The zero-order valence-corrected chi connectivity index (χ0v) is 29.5. The van der Waals surface area contributed by atoms with Crippen molar-refractivity contribution in [2.75, 3.05) is 29.9 Å². The summed E-state index contributed by atoms with van der Waals surface area (Å²) in [6.07, 6.45) is 4.76. The number of hydrogen-bond donors (Lipinski definition) is 1. The fourth-order valence-corrected chi connectivity index (χ4v) is 8.18. The van der Waals surface area contributed by atoms with Crippen molar-refractivity contribution in [3.05, 3.63) is 87.6 Å². The van der Waals surface area contributed by atoms with Gasteiger partial charge >= 0.3 is 0 Å². The van der Waals surface area contributed by atoms with E-state index in [-0.39, 0.29) is 58.7 Å². The lowest BCUT2D eigenvalue weighted by molar-refractivity contribution is -0.130. The fraction of sp³-hybridized carbons (Fsp3) is 0.359. The number of amides is 2. The third-order valence-corrected chi connectivity index (χ3v) is 10.9. The van der Waals surface area contributed by atoms with E-state index in [1.54, 1.807) is 28.1 Å². The van der Waals surface area contributed by atoms with E-state index < -0.39 is 35.2 Å². The van der Waals surface area contributed by atoms with E-state index in [0.717, 1.165) is 18.5 Å². The van der Waals surface area contributed by atoms with Gasteiger partial charge in [-0.05, 0) is 74.9 Å². The minimum atomic E-state index is -0.897. The summed E-state index contributed by atoms with van der Waals surface area (Å²) in [4.78, 5) is 51.2. The molecule has 2 fully saturated rings. The van der Waals surface area contributed by atoms with Crippen LogP contribution in [0.1, 0.15) is 68.0 Å². The van der Waals surface area contributed by atoms with Gasteiger partial charge in [0.05, 0.1) is 40.2 Å². The van der Waals surface area contributed by atoms with Crippen LogP contribution < -0.4 is 15.4 Å². The van der Waals surface area contributed by atoms with E-state index >= 15 is 13.6 Å². The molecule has 2 amide bonds. The van der Waals surface area contributed by atoms with Crippen LogP contribution >= 0.6 is 0 Å². The Morgan fingerprint density at radius 1 is 1.04 bits per heavy atom. The quantitative estimate of drug-likeness (QED) is 0.214. The first-order valence-corrected chi connectivity index (χ1v) is 17.4. The monoisotopic (exact) mass is 691 g/mol. The van der Waals surface area contributed by atoms with Gasteiger partial charge in [0.15, 0.2) is 5.82 Å². The van der Waals surface area contributed by atoms with Gasteiger partial charge in [0, 0.05) is 53.8 Å². The summed E-state index contributed by atoms with van der Waals surface area (Å²) in [5.74, 6) is -2.37. The van der Waals surface area contributed by atoms with Crippen molar-refractivity contribution in [2.45, 2.75) is 71.4 Å². The van der Waals surface area contributed by atoms with Crippen LogP contribution in [0.15, 0.2) is 47.9 Å². The number of H-pyrrole nitrogens is 1. The molecular formula is C39H39F2N7O3. The Hall–Kier alpha value is -5.39. The Kier molecular flexibility index (Phi) is 7.44. The maximum absolute atomic E-state index is 18.0. The molecule has 3 aliphatic rings. The molecule has 2 atom stereocenters. The van der Waals surface area contributed by atoms with Crippen LogP contribution in [0.5, 0.6) is 0 Å². The molecule has 8 rings (SSSR count). The van der Waals surface area contributed by atoms with Crippen molar-refractivity contribution in [3.63, 3.8) is 0 Å². The number of carbonyl (C=O) groups is 2. The van der Waals surface area contributed by atoms with E-state index in [2.05, 4.69) is 21.8 Å². The van der Waals surface area contributed by atoms with Crippen LogP contribution in [0.2, 0.25) is 0 Å². The smallest absolute Gasteiger partial charge is 0.281 e. The number of piperazine rings is 1. The van der Waals surface area contributed by atoms with Gasteiger partial charge in [0.2, 0.25) is 5.91 Å². The Morgan fingerprint density at radius 2 is 1.78 bits per heavy atom. The molecule has 2 aliphatic heterocycles. The molecule has 2 aromatic carbocycles. The third-order valence-electron chi connectivity index (χ3n) is 10.9. The normalized spacial score (nSPS) is 18.9. The van der Waals surface area contributed by atoms with Crippen LogP contribution in [0.25, 0.3) is 38.6 Å². The average molecular weight is 692 g/mol. The van der Waals surface area contributed by atoms with Gasteiger partial charge < -0.3 is 14.7 Å². The SMILES string of the molecule is C=CC(=O)N1C[C@@H]2C(=O)N(C)c3c(c4cc(F)c(-c5c(C)ccc6n[nH]c(C7CC7)c56)c(F)c4n(-c4c(C)ccnc4C(C)C)c3=O)N2C[C@H]1C. The molecule has 5 heterocycles. The third kappa shape index (κ3) is 4.68. The number of aryl methyl sites for hydroxylation is 2.